The molecule has 3 aromatic rings. The molecule has 0 atom stereocenters. The van der Waals surface area contributed by atoms with Crippen LogP contribution in [0.25, 0.3) is 6.08 Å². The molecule has 0 aliphatic rings. The number of nitriles is 2. The molecule has 0 radical (unpaired) electrons. The molecule has 0 spiro atoms. The minimum Gasteiger partial charge on any atom is -0.497 e. The molecule has 8 heteroatoms. The Balaban J connectivity index is 1.85. The summed E-state index contributed by atoms with van der Waals surface area (Å²) in [7, 11) is 4.60. The van der Waals surface area contributed by atoms with Crippen LogP contribution in [0.5, 0.6) is 23.0 Å². The van der Waals surface area contributed by atoms with Crippen LogP contribution in [-0.2, 0) is 24.4 Å². The molecule has 0 unspecified atom stereocenters. The van der Waals surface area contributed by atoms with Gasteiger partial charge >= 0.3 is 0 Å². The van der Waals surface area contributed by atoms with E-state index in [-0.39, 0.29) is 18.7 Å². The van der Waals surface area contributed by atoms with Crippen molar-refractivity contribution >= 4 is 12.0 Å². The van der Waals surface area contributed by atoms with Gasteiger partial charge in [-0.05, 0) is 48.4 Å². The van der Waals surface area contributed by atoms with Gasteiger partial charge in [0.15, 0.2) is 11.5 Å². The Morgan fingerprint density at radius 2 is 1.72 bits per heavy atom. The number of rotatable bonds is 12. The van der Waals surface area contributed by atoms with Crippen LogP contribution in [0.2, 0.25) is 0 Å². The number of hydrogen-bond acceptors (Lipinski definition) is 7. The van der Waals surface area contributed by atoms with Crippen LogP contribution in [0.4, 0.5) is 0 Å². The van der Waals surface area contributed by atoms with Gasteiger partial charge in [-0.2, -0.15) is 10.5 Å². The third kappa shape index (κ3) is 7.18. The Bertz CT molecular complexity index is 1460. The van der Waals surface area contributed by atoms with Crippen molar-refractivity contribution < 1.29 is 23.7 Å². The predicted octanol–water partition coefficient (Wildman–Crippen LogP) is 5.11. The van der Waals surface area contributed by atoms with E-state index in [0.717, 1.165) is 16.7 Å². The van der Waals surface area contributed by atoms with Gasteiger partial charge in [-0.1, -0.05) is 24.3 Å². The number of carbonyl (C=O) groups excluding carboxylic acids is 1. The lowest BCUT2D eigenvalue weighted by atomic mass is 10.0. The van der Waals surface area contributed by atoms with Gasteiger partial charge < -0.3 is 24.3 Å². The first-order valence-corrected chi connectivity index (χ1v) is 12.0. The van der Waals surface area contributed by atoms with Crippen LogP contribution < -0.4 is 24.3 Å². The van der Waals surface area contributed by atoms with E-state index >= 15 is 0 Å². The van der Waals surface area contributed by atoms with Gasteiger partial charge in [0.25, 0.3) is 5.91 Å². The van der Waals surface area contributed by atoms with Gasteiger partial charge in [0.1, 0.15) is 29.7 Å². The lowest BCUT2D eigenvalue weighted by molar-refractivity contribution is -0.117. The molecule has 3 aromatic carbocycles. The number of allylic oxidation sites excluding steroid dienone is 1. The summed E-state index contributed by atoms with van der Waals surface area (Å²) in [5, 5.41) is 21.9. The van der Waals surface area contributed by atoms with E-state index in [1.165, 1.54) is 20.3 Å². The SMILES string of the molecule is C=CCc1cc(/C=C(\C#N)C(=O)NCc2ccc(OC)cc2OC)cc(OC)c1OCc1ccccc1C#N. The molecule has 0 saturated carbocycles. The predicted molar refractivity (Wildman–Crippen MR) is 147 cm³/mol. The molecule has 0 fully saturated rings. The van der Waals surface area contributed by atoms with E-state index in [4.69, 9.17) is 18.9 Å². The van der Waals surface area contributed by atoms with Crippen LogP contribution in [0.3, 0.4) is 0 Å². The summed E-state index contributed by atoms with van der Waals surface area (Å²) in [6, 6.07) is 20.1. The normalized spacial score (nSPS) is 10.5. The Labute approximate surface area is 228 Å². The highest BCUT2D eigenvalue weighted by atomic mass is 16.5. The first-order valence-electron chi connectivity index (χ1n) is 12.0. The summed E-state index contributed by atoms with van der Waals surface area (Å²) in [4.78, 5) is 12.9. The summed E-state index contributed by atoms with van der Waals surface area (Å²) >= 11 is 0. The van der Waals surface area contributed by atoms with Crippen LogP contribution in [0.1, 0.15) is 27.8 Å². The average Bonchev–Trinajstić information content (AvgIpc) is 2.97. The van der Waals surface area contributed by atoms with E-state index in [2.05, 4.69) is 18.0 Å². The third-order valence-corrected chi connectivity index (χ3v) is 5.86. The molecule has 8 nitrogen and oxygen atoms in total. The van der Waals surface area contributed by atoms with Crippen molar-refractivity contribution in [1.82, 2.24) is 5.32 Å². The summed E-state index contributed by atoms with van der Waals surface area (Å²) in [5.41, 5.74) is 3.27. The summed E-state index contributed by atoms with van der Waals surface area (Å²) < 4.78 is 22.3. The van der Waals surface area contributed by atoms with Crippen LogP contribution in [0.15, 0.2) is 72.8 Å². The summed E-state index contributed by atoms with van der Waals surface area (Å²) in [5.74, 6) is 1.58. The number of hydrogen-bond donors (Lipinski definition) is 1. The van der Waals surface area contributed by atoms with Gasteiger partial charge in [0.05, 0.1) is 33.0 Å². The maximum absolute atomic E-state index is 12.9. The van der Waals surface area contributed by atoms with Crippen LogP contribution >= 0.6 is 0 Å². The molecular weight excluding hydrogens is 494 g/mol. The molecule has 0 bridgehead atoms. The second-order valence-electron chi connectivity index (χ2n) is 8.29. The van der Waals surface area contributed by atoms with E-state index in [9.17, 15) is 15.3 Å². The number of amides is 1. The van der Waals surface area contributed by atoms with Crippen molar-refractivity contribution in [1.29, 1.82) is 10.5 Å². The average molecular weight is 524 g/mol. The summed E-state index contributed by atoms with van der Waals surface area (Å²) in [6.07, 6.45) is 3.67. The maximum atomic E-state index is 12.9. The molecule has 0 saturated heterocycles. The highest BCUT2D eigenvalue weighted by Crippen LogP contribution is 2.35. The van der Waals surface area contributed by atoms with Gasteiger partial charge in [0, 0.05) is 29.3 Å². The second kappa shape index (κ2) is 13.9. The molecule has 1 N–H and O–H groups in total. The van der Waals surface area contributed by atoms with Crippen LogP contribution in [-0.4, -0.2) is 27.2 Å². The standard InChI is InChI=1S/C31H29N3O5/c1-5-8-22-13-21(15-29(38-4)30(22)39-20-25-10-7-6-9-23(25)17-32)14-26(18-33)31(35)34-19-24-11-12-27(36-2)16-28(24)37-3/h5-7,9-16H,1,8,19-20H2,2-4H3,(H,34,35)/b26-14+. The molecule has 1 amide bonds. The fourth-order valence-corrected chi connectivity index (χ4v) is 3.88. The van der Waals surface area contributed by atoms with Crippen molar-refractivity contribution in [3.8, 4) is 35.1 Å². The zero-order valence-corrected chi connectivity index (χ0v) is 22.1. The fraction of sp³-hybridized carbons (Fsp3) is 0.194. The smallest absolute Gasteiger partial charge is 0.262 e. The monoisotopic (exact) mass is 523 g/mol. The topological polar surface area (TPSA) is 114 Å². The van der Waals surface area contributed by atoms with Gasteiger partial charge in [-0.25, -0.2) is 0 Å². The van der Waals surface area contributed by atoms with Crippen molar-refractivity contribution in [2.24, 2.45) is 0 Å². The lowest BCUT2D eigenvalue weighted by Crippen LogP contribution is -2.24. The van der Waals surface area contributed by atoms with Crippen molar-refractivity contribution in [2.45, 2.75) is 19.6 Å². The quantitative estimate of drug-likeness (QED) is 0.199. The van der Waals surface area contributed by atoms with Gasteiger partial charge in [-0.3, -0.25) is 4.79 Å². The zero-order valence-electron chi connectivity index (χ0n) is 22.1. The van der Waals surface area contributed by atoms with Crippen molar-refractivity contribution in [3.63, 3.8) is 0 Å². The number of ether oxygens (including phenoxy) is 4. The first-order chi connectivity index (χ1) is 19.0. The molecule has 39 heavy (non-hydrogen) atoms. The number of carbonyl (C=O) groups is 1. The summed E-state index contributed by atoms with van der Waals surface area (Å²) in [6.45, 7) is 4.15. The van der Waals surface area contributed by atoms with Crippen molar-refractivity contribution in [3.05, 3.63) is 101 Å². The lowest BCUT2D eigenvalue weighted by Gasteiger charge is -2.16. The molecule has 198 valence electrons. The highest BCUT2D eigenvalue weighted by molar-refractivity contribution is 6.01. The highest BCUT2D eigenvalue weighted by Gasteiger charge is 2.16. The molecule has 0 aromatic heterocycles. The molecule has 3 rings (SSSR count). The molecular formula is C31H29N3O5. The van der Waals surface area contributed by atoms with Crippen molar-refractivity contribution in [2.75, 3.05) is 21.3 Å². The molecule has 0 aliphatic heterocycles. The van der Waals surface area contributed by atoms with Gasteiger partial charge in [0.2, 0.25) is 0 Å². The number of nitrogens with one attached hydrogen (secondary N) is 1. The number of benzene rings is 3. The Morgan fingerprint density at radius 1 is 0.949 bits per heavy atom. The zero-order chi connectivity index (χ0) is 28.2. The van der Waals surface area contributed by atoms with E-state index in [0.29, 0.717) is 40.5 Å². The minimum atomic E-state index is -0.534. The van der Waals surface area contributed by atoms with Gasteiger partial charge in [-0.15, -0.1) is 6.58 Å². The van der Waals surface area contributed by atoms with Crippen LogP contribution in [0, 0.1) is 22.7 Å². The third-order valence-electron chi connectivity index (χ3n) is 5.86. The fourth-order valence-electron chi connectivity index (χ4n) is 3.88. The van der Waals surface area contributed by atoms with E-state index in [1.807, 2.05) is 24.3 Å². The van der Waals surface area contributed by atoms with E-state index in [1.54, 1.807) is 49.6 Å². The Kier molecular flexibility index (Phi) is 10.1. The second-order valence-corrected chi connectivity index (χ2v) is 8.29. The molecule has 0 heterocycles. The largest absolute Gasteiger partial charge is 0.497 e. The number of nitrogens with zero attached hydrogens (tertiary/aromatic N) is 2. The minimum absolute atomic E-state index is 0.0781. The molecule has 0 aliphatic carbocycles. The maximum Gasteiger partial charge on any atom is 0.262 e. The Hall–Kier alpha value is -5.21. The number of methoxy groups -OCH3 is 3. The van der Waals surface area contributed by atoms with E-state index < -0.39 is 5.91 Å². The first kappa shape index (κ1) is 28.4. The Morgan fingerprint density at radius 3 is 2.38 bits per heavy atom.